The molecule has 0 bridgehead atoms. The molecule has 17 heavy (non-hydrogen) atoms. The van der Waals surface area contributed by atoms with E-state index in [1.165, 1.54) is 24.6 Å². The fourth-order valence-corrected chi connectivity index (χ4v) is 2.57. The molecule has 5 heteroatoms. The smallest absolute Gasteiger partial charge is 0.316 e. The summed E-state index contributed by atoms with van der Waals surface area (Å²) in [7, 11) is 0. The van der Waals surface area contributed by atoms with Crippen molar-refractivity contribution in [2.75, 3.05) is 5.75 Å². The summed E-state index contributed by atoms with van der Waals surface area (Å²) in [6.07, 6.45) is 4.44. The van der Waals surface area contributed by atoms with Gasteiger partial charge in [-0.15, -0.1) is 11.8 Å². The number of thioether (sulfide) groups is 1. The lowest BCUT2D eigenvalue weighted by Gasteiger charge is -2.26. The van der Waals surface area contributed by atoms with Gasteiger partial charge in [-0.1, -0.05) is 6.92 Å². The molecule has 1 saturated carbocycles. The van der Waals surface area contributed by atoms with Crippen LogP contribution in [0.4, 0.5) is 0 Å². The van der Waals surface area contributed by atoms with E-state index >= 15 is 0 Å². The first-order chi connectivity index (χ1) is 7.99. The molecule has 0 heterocycles. The van der Waals surface area contributed by atoms with Gasteiger partial charge in [0.25, 0.3) is 0 Å². The Morgan fingerprint density at radius 3 is 2.47 bits per heavy atom. The van der Waals surface area contributed by atoms with Gasteiger partial charge in [-0.3, -0.25) is 9.59 Å². The van der Waals surface area contributed by atoms with Crippen LogP contribution in [0, 0.1) is 5.92 Å². The van der Waals surface area contributed by atoms with E-state index in [0.29, 0.717) is 6.04 Å². The van der Waals surface area contributed by atoms with Crippen LogP contribution in [0.25, 0.3) is 0 Å². The Labute approximate surface area is 107 Å². The molecule has 1 aliphatic carbocycles. The Morgan fingerprint density at radius 2 is 1.94 bits per heavy atom. The second-order valence-corrected chi connectivity index (χ2v) is 6.14. The van der Waals surface area contributed by atoms with Crippen molar-refractivity contribution in [1.29, 1.82) is 0 Å². The van der Waals surface area contributed by atoms with Crippen molar-refractivity contribution in [1.82, 2.24) is 5.32 Å². The molecule has 98 valence electrons. The highest BCUT2D eigenvalue weighted by Crippen LogP contribution is 2.23. The number of nitrogens with one attached hydrogen (secondary N) is 1. The minimum absolute atomic E-state index is 0.0392. The number of carboxylic acid groups (broad SMARTS) is 1. The van der Waals surface area contributed by atoms with Gasteiger partial charge in [-0.2, -0.15) is 0 Å². The molecular weight excluding hydrogens is 238 g/mol. The average Bonchev–Trinajstić information content (AvgIpc) is 2.29. The molecule has 0 aromatic carbocycles. The van der Waals surface area contributed by atoms with E-state index in [9.17, 15) is 9.59 Å². The third kappa shape index (κ3) is 5.44. The topological polar surface area (TPSA) is 66.4 Å². The molecular formula is C12H21NO3S. The van der Waals surface area contributed by atoms with Crippen LogP contribution < -0.4 is 5.32 Å². The molecule has 0 saturated heterocycles. The molecule has 0 aromatic rings. The lowest BCUT2D eigenvalue weighted by molar-refractivity contribution is -0.136. The highest BCUT2D eigenvalue weighted by molar-refractivity contribution is 8.01. The van der Waals surface area contributed by atoms with Crippen LogP contribution in [-0.2, 0) is 9.59 Å². The van der Waals surface area contributed by atoms with Crippen LogP contribution in [0.2, 0.25) is 0 Å². The van der Waals surface area contributed by atoms with E-state index in [0.717, 1.165) is 18.8 Å². The Morgan fingerprint density at radius 1 is 1.35 bits per heavy atom. The summed E-state index contributed by atoms with van der Waals surface area (Å²) in [4.78, 5) is 22.2. The van der Waals surface area contributed by atoms with Crippen molar-refractivity contribution < 1.29 is 14.7 Å². The minimum atomic E-state index is -0.866. The molecule has 0 aromatic heterocycles. The van der Waals surface area contributed by atoms with E-state index in [4.69, 9.17) is 5.11 Å². The lowest BCUT2D eigenvalue weighted by atomic mass is 9.87. The van der Waals surface area contributed by atoms with Gasteiger partial charge in [0.15, 0.2) is 0 Å². The first kappa shape index (κ1) is 14.4. The van der Waals surface area contributed by atoms with E-state index in [1.54, 1.807) is 6.92 Å². The molecule has 0 aliphatic heterocycles. The van der Waals surface area contributed by atoms with E-state index < -0.39 is 11.2 Å². The monoisotopic (exact) mass is 259 g/mol. The fraction of sp³-hybridized carbons (Fsp3) is 0.833. The summed E-state index contributed by atoms with van der Waals surface area (Å²) < 4.78 is 0. The lowest BCUT2D eigenvalue weighted by Crippen LogP contribution is -2.38. The first-order valence-corrected chi connectivity index (χ1v) is 7.17. The molecule has 1 aliphatic rings. The summed E-state index contributed by atoms with van der Waals surface area (Å²) in [5.41, 5.74) is 0. The molecule has 1 atom stereocenters. The van der Waals surface area contributed by atoms with Crippen LogP contribution >= 0.6 is 11.8 Å². The van der Waals surface area contributed by atoms with Crippen molar-refractivity contribution >= 4 is 23.6 Å². The van der Waals surface area contributed by atoms with Gasteiger partial charge in [0.1, 0.15) is 0 Å². The van der Waals surface area contributed by atoms with Gasteiger partial charge >= 0.3 is 5.97 Å². The maximum absolute atomic E-state index is 11.6. The van der Waals surface area contributed by atoms with Crippen LogP contribution in [0.15, 0.2) is 0 Å². The van der Waals surface area contributed by atoms with E-state index in [2.05, 4.69) is 12.2 Å². The van der Waals surface area contributed by atoms with Gasteiger partial charge in [0.2, 0.25) is 5.91 Å². The third-order valence-electron chi connectivity index (χ3n) is 3.19. The van der Waals surface area contributed by atoms with Gasteiger partial charge < -0.3 is 10.4 Å². The predicted molar refractivity (Wildman–Crippen MR) is 69.1 cm³/mol. The SMILES string of the molecule is CC1CCC(NC(=O)CSC(C)C(=O)O)CC1. The Balaban J connectivity index is 2.19. The summed E-state index contributed by atoms with van der Waals surface area (Å²) in [5, 5.41) is 11.2. The van der Waals surface area contributed by atoms with Crippen LogP contribution in [0.5, 0.6) is 0 Å². The number of amides is 1. The number of aliphatic carboxylic acids is 1. The molecule has 2 N–H and O–H groups in total. The van der Waals surface area contributed by atoms with Crippen LogP contribution in [0.1, 0.15) is 39.5 Å². The Bertz CT molecular complexity index is 275. The van der Waals surface area contributed by atoms with Gasteiger partial charge in [0, 0.05) is 6.04 Å². The summed E-state index contributed by atoms with van der Waals surface area (Å²) in [6, 6.07) is 0.291. The summed E-state index contributed by atoms with van der Waals surface area (Å²) in [6.45, 7) is 3.84. The third-order valence-corrected chi connectivity index (χ3v) is 4.32. The highest BCUT2D eigenvalue weighted by atomic mass is 32.2. The van der Waals surface area contributed by atoms with Crippen molar-refractivity contribution in [2.45, 2.75) is 50.8 Å². The average molecular weight is 259 g/mol. The van der Waals surface area contributed by atoms with Crippen molar-refractivity contribution in [2.24, 2.45) is 5.92 Å². The second kappa shape index (κ2) is 6.89. The second-order valence-electron chi connectivity index (χ2n) is 4.82. The zero-order valence-electron chi connectivity index (χ0n) is 10.4. The fourth-order valence-electron chi connectivity index (χ4n) is 1.95. The number of carboxylic acids is 1. The van der Waals surface area contributed by atoms with Crippen molar-refractivity contribution in [3.05, 3.63) is 0 Å². The zero-order chi connectivity index (χ0) is 12.8. The maximum atomic E-state index is 11.6. The number of carbonyl (C=O) groups excluding carboxylic acids is 1. The van der Waals surface area contributed by atoms with Gasteiger partial charge in [-0.25, -0.2) is 0 Å². The highest BCUT2D eigenvalue weighted by Gasteiger charge is 2.20. The molecule has 1 amide bonds. The molecule has 0 radical (unpaired) electrons. The summed E-state index contributed by atoms with van der Waals surface area (Å²) >= 11 is 1.17. The number of carbonyl (C=O) groups is 2. The largest absolute Gasteiger partial charge is 0.480 e. The molecule has 4 nitrogen and oxygen atoms in total. The molecule has 1 fully saturated rings. The van der Waals surface area contributed by atoms with E-state index in [-0.39, 0.29) is 11.7 Å². The quantitative estimate of drug-likeness (QED) is 0.791. The molecule has 1 unspecified atom stereocenters. The molecule has 1 rings (SSSR count). The van der Waals surface area contributed by atoms with Crippen LogP contribution in [-0.4, -0.2) is 34.0 Å². The van der Waals surface area contributed by atoms with Crippen LogP contribution in [0.3, 0.4) is 0 Å². The first-order valence-electron chi connectivity index (χ1n) is 6.12. The van der Waals surface area contributed by atoms with Gasteiger partial charge in [-0.05, 0) is 38.5 Å². The Kier molecular flexibility index (Phi) is 5.82. The predicted octanol–water partition coefficient (Wildman–Crippen LogP) is 1.89. The van der Waals surface area contributed by atoms with Crippen molar-refractivity contribution in [3.63, 3.8) is 0 Å². The minimum Gasteiger partial charge on any atom is -0.480 e. The number of hydrogen-bond donors (Lipinski definition) is 2. The van der Waals surface area contributed by atoms with E-state index in [1.807, 2.05) is 0 Å². The summed E-state index contributed by atoms with van der Waals surface area (Å²) in [5.74, 6) is 0.0981. The van der Waals surface area contributed by atoms with Gasteiger partial charge in [0.05, 0.1) is 11.0 Å². The zero-order valence-corrected chi connectivity index (χ0v) is 11.3. The van der Waals surface area contributed by atoms with Crippen molar-refractivity contribution in [3.8, 4) is 0 Å². The number of hydrogen-bond acceptors (Lipinski definition) is 3. The molecule has 0 spiro atoms. The maximum Gasteiger partial charge on any atom is 0.316 e. The standard InChI is InChI=1S/C12H21NO3S/c1-8-3-5-10(6-4-8)13-11(14)7-17-9(2)12(15)16/h8-10H,3-7H2,1-2H3,(H,13,14)(H,15,16). The Hall–Kier alpha value is -0.710. The number of rotatable bonds is 5. The normalized spacial score (nSPS) is 26.2.